The van der Waals surface area contributed by atoms with E-state index >= 15 is 0 Å². The van der Waals surface area contributed by atoms with Crippen molar-refractivity contribution in [2.45, 2.75) is 0 Å². The summed E-state index contributed by atoms with van der Waals surface area (Å²) in [4.78, 5) is 18.2. The smallest absolute Gasteiger partial charge is 0.269 e. The predicted molar refractivity (Wildman–Crippen MR) is 60.6 cm³/mol. The summed E-state index contributed by atoms with van der Waals surface area (Å²) in [5.41, 5.74) is -0.302. The molecule has 0 aliphatic heterocycles. The fraction of sp³-hybridized carbons (Fsp3) is 0. The molecular formula is C12H4F5NO4. The van der Waals surface area contributed by atoms with E-state index in [4.69, 9.17) is 0 Å². The Morgan fingerprint density at radius 3 is 1.68 bits per heavy atom. The highest BCUT2D eigenvalue weighted by atomic mass is 19.2. The largest absolute Gasteiger partial charge is 0.290 e. The molecule has 0 aliphatic carbocycles. The number of benzene rings is 2. The van der Waals surface area contributed by atoms with Crippen molar-refractivity contribution in [1.82, 2.24) is 0 Å². The Morgan fingerprint density at radius 1 is 0.773 bits per heavy atom. The fourth-order valence-electron chi connectivity index (χ4n) is 1.37. The van der Waals surface area contributed by atoms with Crippen LogP contribution in [0.1, 0.15) is 0 Å². The Kier molecular flexibility index (Phi) is 4.11. The van der Waals surface area contributed by atoms with Crippen LogP contribution in [0.4, 0.5) is 27.6 Å². The van der Waals surface area contributed by atoms with Crippen molar-refractivity contribution in [3.05, 3.63) is 63.5 Å². The van der Waals surface area contributed by atoms with Crippen LogP contribution in [0, 0.1) is 39.2 Å². The van der Waals surface area contributed by atoms with Gasteiger partial charge in [-0.1, -0.05) is 0 Å². The monoisotopic (exact) mass is 321 g/mol. The van der Waals surface area contributed by atoms with Crippen molar-refractivity contribution in [2.75, 3.05) is 0 Å². The van der Waals surface area contributed by atoms with Gasteiger partial charge in [0.2, 0.25) is 29.1 Å². The van der Waals surface area contributed by atoms with Gasteiger partial charge in [0, 0.05) is 12.1 Å². The zero-order chi connectivity index (χ0) is 16.4. The van der Waals surface area contributed by atoms with E-state index in [1.165, 1.54) is 0 Å². The first-order valence-corrected chi connectivity index (χ1v) is 5.43. The minimum absolute atomic E-state index is 0.255. The molecule has 2 aromatic carbocycles. The van der Waals surface area contributed by atoms with Crippen molar-refractivity contribution in [1.29, 1.82) is 0 Å². The summed E-state index contributed by atoms with van der Waals surface area (Å²) in [5, 5.41) is 10.4. The van der Waals surface area contributed by atoms with Gasteiger partial charge in [0.1, 0.15) is 0 Å². The predicted octanol–water partition coefficient (Wildman–Crippen LogP) is 3.66. The highest BCUT2D eigenvalue weighted by molar-refractivity contribution is 5.36. The number of hydrogen-bond donors (Lipinski definition) is 0. The number of nitrogens with zero attached hydrogens (tertiary/aromatic N) is 1. The molecule has 0 N–H and O–H groups in total. The normalized spacial score (nSPS) is 10.4. The van der Waals surface area contributed by atoms with Crippen molar-refractivity contribution in [2.24, 2.45) is 0 Å². The van der Waals surface area contributed by atoms with Crippen molar-refractivity contribution in [3.8, 4) is 11.5 Å². The first-order valence-electron chi connectivity index (χ1n) is 5.43. The summed E-state index contributed by atoms with van der Waals surface area (Å²) in [6.07, 6.45) is 0. The third-order valence-electron chi connectivity index (χ3n) is 2.44. The highest BCUT2D eigenvalue weighted by Gasteiger charge is 2.28. The molecule has 0 spiro atoms. The van der Waals surface area contributed by atoms with Crippen molar-refractivity contribution < 1.29 is 36.7 Å². The highest BCUT2D eigenvalue weighted by Crippen LogP contribution is 2.29. The van der Waals surface area contributed by atoms with E-state index in [1.54, 1.807) is 0 Å². The van der Waals surface area contributed by atoms with E-state index in [2.05, 4.69) is 9.78 Å². The second-order valence-corrected chi connectivity index (χ2v) is 3.82. The maximum atomic E-state index is 13.3. The summed E-state index contributed by atoms with van der Waals surface area (Å²) < 4.78 is 65.1. The molecule has 2 aromatic rings. The number of nitro groups is 1. The van der Waals surface area contributed by atoms with E-state index in [0.717, 1.165) is 24.3 Å². The van der Waals surface area contributed by atoms with Gasteiger partial charge in [-0.15, -0.1) is 0 Å². The maximum Gasteiger partial charge on any atom is 0.269 e. The molecule has 0 radical (unpaired) electrons. The molecular weight excluding hydrogens is 317 g/mol. The standard InChI is InChI=1S/C12H4F5NO4/c13-7-8(14)10(16)12(11(17)9(7)15)22-21-6-3-1-5(2-4-6)18(19)20/h1-4H. The van der Waals surface area contributed by atoms with Gasteiger partial charge in [0.25, 0.3) is 11.4 Å². The maximum absolute atomic E-state index is 13.3. The van der Waals surface area contributed by atoms with Gasteiger partial charge in [0.15, 0.2) is 5.75 Å². The van der Waals surface area contributed by atoms with Crippen LogP contribution < -0.4 is 9.78 Å². The third kappa shape index (κ3) is 2.75. The van der Waals surface area contributed by atoms with Gasteiger partial charge < -0.3 is 0 Å². The molecule has 22 heavy (non-hydrogen) atoms. The minimum atomic E-state index is -2.34. The summed E-state index contributed by atoms with van der Waals surface area (Å²) in [6, 6.07) is 3.98. The molecule has 10 heteroatoms. The topological polar surface area (TPSA) is 61.6 Å². The zero-order valence-corrected chi connectivity index (χ0v) is 10.3. The summed E-state index contributed by atoms with van der Waals surface area (Å²) >= 11 is 0. The van der Waals surface area contributed by atoms with Crippen LogP contribution in [0.5, 0.6) is 11.5 Å². The minimum Gasteiger partial charge on any atom is -0.290 e. The van der Waals surface area contributed by atoms with E-state index in [1.807, 2.05) is 0 Å². The Labute approximate surface area is 118 Å². The molecule has 0 unspecified atom stereocenters. The average Bonchev–Trinajstić information content (AvgIpc) is 2.51. The van der Waals surface area contributed by atoms with Crippen LogP contribution in [0.15, 0.2) is 24.3 Å². The lowest BCUT2D eigenvalue weighted by molar-refractivity contribution is -0.384. The number of non-ortho nitro benzene ring substituents is 1. The number of nitro benzene ring substituents is 1. The number of hydrogen-bond acceptors (Lipinski definition) is 4. The number of halogens is 5. The Balaban J connectivity index is 2.23. The Bertz CT molecular complexity index is 706. The van der Waals surface area contributed by atoms with E-state index in [0.29, 0.717) is 0 Å². The molecule has 0 heterocycles. The second-order valence-electron chi connectivity index (χ2n) is 3.82. The van der Waals surface area contributed by atoms with Crippen LogP contribution in [-0.2, 0) is 0 Å². The summed E-state index contributed by atoms with van der Waals surface area (Å²) in [6.45, 7) is 0. The molecule has 0 saturated carbocycles. The lowest BCUT2D eigenvalue weighted by Crippen LogP contribution is -2.09. The second kappa shape index (κ2) is 5.84. The zero-order valence-electron chi connectivity index (χ0n) is 10.3. The van der Waals surface area contributed by atoms with E-state index in [-0.39, 0.29) is 11.4 Å². The molecule has 0 atom stereocenters. The van der Waals surface area contributed by atoms with Crippen LogP contribution >= 0.6 is 0 Å². The lowest BCUT2D eigenvalue weighted by Gasteiger charge is -2.09. The first kappa shape index (κ1) is 15.5. The summed E-state index contributed by atoms with van der Waals surface area (Å²) in [5.74, 6) is -13.0. The molecule has 0 aliphatic rings. The molecule has 0 saturated heterocycles. The van der Waals surface area contributed by atoms with Gasteiger partial charge in [-0.2, -0.15) is 8.78 Å². The molecule has 2 rings (SSSR count). The Hall–Kier alpha value is -2.91. The quantitative estimate of drug-likeness (QED) is 0.215. The van der Waals surface area contributed by atoms with Crippen LogP contribution in [0.25, 0.3) is 0 Å². The van der Waals surface area contributed by atoms with Crippen LogP contribution in [0.3, 0.4) is 0 Å². The van der Waals surface area contributed by atoms with Crippen LogP contribution in [-0.4, -0.2) is 4.92 Å². The molecule has 0 aromatic heterocycles. The SMILES string of the molecule is O=[N+]([O-])c1ccc(OOc2c(F)c(F)c(F)c(F)c2F)cc1. The average molecular weight is 321 g/mol. The van der Waals surface area contributed by atoms with E-state index in [9.17, 15) is 32.1 Å². The molecule has 0 amide bonds. The molecule has 5 nitrogen and oxygen atoms in total. The first-order chi connectivity index (χ1) is 10.3. The summed E-state index contributed by atoms with van der Waals surface area (Å²) in [7, 11) is 0. The van der Waals surface area contributed by atoms with Crippen molar-refractivity contribution >= 4 is 5.69 Å². The van der Waals surface area contributed by atoms with Crippen LogP contribution in [0.2, 0.25) is 0 Å². The van der Waals surface area contributed by atoms with Gasteiger partial charge >= 0.3 is 0 Å². The molecule has 0 fully saturated rings. The fourth-order valence-corrected chi connectivity index (χ4v) is 1.37. The van der Waals surface area contributed by atoms with Gasteiger partial charge in [-0.05, 0) is 12.1 Å². The van der Waals surface area contributed by atoms with Crippen molar-refractivity contribution in [3.63, 3.8) is 0 Å². The van der Waals surface area contributed by atoms with Gasteiger partial charge in [-0.3, -0.25) is 19.9 Å². The van der Waals surface area contributed by atoms with E-state index < -0.39 is 39.8 Å². The number of rotatable bonds is 4. The van der Waals surface area contributed by atoms with Gasteiger partial charge in [0.05, 0.1) is 4.92 Å². The molecule has 0 bridgehead atoms. The molecule has 116 valence electrons. The third-order valence-corrected chi connectivity index (χ3v) is 2.44. The lowest BCUT2D eigenvalue weighted by atomic mass is 10.3. The van der Waals surface area contributed by atoms with Gasteiger partial charge in [-0.25, -0.2) is 13.2 Å². The Morgan fingerprint density at radius 2 is 1.23 bits per heavy atom.